The molecule has 0 saturated heterocycles. The lowest BCUT2D eigenvalue weighted by molar-refractivity contribution is -0.948. The van der Waals surface area contributed by atoms with Gasteiger partial charge in [0.05, 0.1) is 26.8 Å². The maximum Gasteiger partial charge on any atom is 0.220 e. The van der Waals surface area contributed by atoms with Crippen LogP contribution in [0.15, 0.2) is 42.5 Å². The molecule has 2 N–H and O–H groups in total. The fraction of sp³-hybridized carbons (Fsp3) is 0.500. The first-order valence-corrected chi connectivity index (χ1v) is 11.4. The highest BCUT2D eigenvalue weighted by molar-refractivity contribution is 5.76. The highest BCUT2D eigenvalue weighted by Gasteiger charge is 2.38. The van der Waals surface area contributed by atoms with Crippen LogP contribution in [-0.2, 0) is 17.8 Å². The van der Waals surface area contributed by atoms with Crippen molar-refractivity contribution >= 4 is 5.91 Å². The monoisotopic (exact) mass is 425 g/mol. The summed E-state index contributed by atoms with van der Waals surface area (Å²) < 4.78 is 11.2. The second kappa shape index (κ2) is 10.7. The molecule has 168 valence electrons. The number of rotatable bonds is 9. The molecular formula is C26H37N2O3+. The number of hydrogen-bond donors (Lipinski definition) is 2. The molecule has 31 heavy (non-hydrogen) atoms. The minimum atomic E-state index is 0.0575. The Hall–Kier alpha value is -2.53. The van der Waals surface area contributed by atoms with Gasteiger partial charge in [-0.25, -0.2) is 0 Å². The van der Waals surface area contributed by atoms with E-state index in [0.29, 0.717) is 12.3 Å². The molecule has 0 radical (unpaired) electrons. The van der Waals surface area contributed by atoms with Crippen molar-refractivity contribution in [3.05, 3.63) is 59.2 Å². The molecule has 1 aliphatic rings. The van der Waals surface area contributed by atoms with Crippen LogP contribution in [0.3, 0.4) is 0 Å². The van der Waals surface area contributed by atoms with Gasteiger partial charge in [0.1, 0.15) is 12.6 Å². The van der Waals surface area contributed by atoms with Crippen LogP contribution in [0.4, 0.5) is 0 Å². The Morgan fingerprint density at radius 2 is 1.81 bits per heavy atom. The predicted molar refractivity (Wildman–Crippen MR) is 124 cm³/mol. The number of ether oxygens (including phenoxy) is 2. The number of fused-ring (bicyclic) bond motifs is 1. The summed E-state index contributed by atoms with van der Waals surface area (Å²) in [4.78, 5) is 14.2. The zero-order chi connectivity index (χ0) is 22.4. The summed E-state index contributed by atoms with van der Waals surface area (Å²) in [6, 6.07) is 15.1. The van der Waals surface area contributed by atoms with Gasteiger partial charge < -0.3 is 19.7 Å². The number of benzene rings is 2. The van der Waals surface area contributed by atoms with Gasteiger partial charge in [-0.15, -0.1) is 0 Å². The molecule has 0 aliphatic carbocycles. The van der Waals surface area contributed by atoms with E-state index in [1.54, 1.807) is 14.2 Å². The number of methoxy groups -OCH3 is 2. The third-order valence-corrected chi connectivity index (χ3v) is 6.19. The fourth-order valence-electron chi connectivity index (χ4n) is 4.73. The molecular weight excluding hydrogens is 388 g/mol. The van der Waals surface area contributed by atoms with Crippen LogP contribution in [0.2, 0.25) is 0 Å². The van der Waals surface area contributed by atoms with E-state index in [4.69, 9.17) is 9.47 Å². The molecule has 1 aliphatic heterocycles. The second-order valence-electron chi connectivity index (χ2n) is 8.88. The zero-order valence-electron chi connectivity index (χ0n) is 19.5. The first-order valence-electron chi connectivity index (χ1n) is 11.4. The van der Waals surface area contributed by atoms with Crippen LogP contribution in [-0.4, -0.2) is 32.7 Å². The number of hydrogen-bond acceptors (Lipinski definition) is 3. The molecule has 0 bridgehead atoms. The third kappa shape index (κ3) is 5.59. The van der Waals surface area contributed by atoms with Crippen molar-refractivity contribution in [1.82, 2.24) is 5.32 Å². The average molecular weight is 426 g/mol. The highest BCUT2D eigenvalue weighted by Crippen LogP contribution is 2.35. The van der Waals surface area contributed by atoms with Gasteiger partial charge in [-0.2, -0.15) is 0 Å². The molecule has 1 unspecified atom stereocenters. The van der Waals surface area contributed by atoms with Crippen molar-refractivity contribution in [3.8, 4) is 11.5 Å². The molecule has 2 aromatic rings. The minimum Gasteiger partial charge on any atom is -0.493 e. The van der Waals surface area contributed by atoms with Gasteiger partial charge in [0, 0.05) is 24.0 Å². The first-order chi connectivity index (χ1) is 15.0. The topological polar surface area (TPSA) is 52.0 Å². The normalized spacial score (nSPS) is 18.9. The van der Waals surface area contributed by atoms with E-state index < -0.39 is 0 Å². The molecule has 0 saturated carbocycles. The van der Waals surface area contributed by atoms with E-state index in [1.165, 1.54) is 21.6 Å². The lowest BCUT2D eigenvalue weighted by atomic mass is 9.86. The predicted octanol–water partition coefficient (Wildman–Crippen LogP) is 3.33. The Balaban J connectivity index is 1.99. The molecule has 5 nitrogen and oxygen atoms in total. The van der Waals surface area contributed by atoms with Gasteiger partial charge in [-0.1, -0.05) is 51.1 Å². The summed E-state index contributed by atoms with van der Waals surface area (Å²) in [5.74, 6) is 1.99. The van der Waals surface area contributed by atoms with Crippen molar-refractivity contribution in [2.45, 2.75) is 58.7 Å². The van der Waals surface area contributed by atoms with E-state index in [0.717, 1.165) is 37.4 Å². The Kier molecular flexibility index (Phi) is 7.97. The second-order valence-corrected chi connectivity index (χ2v) is 8.88. The summed E-state index contributed by atoms with van der Waals surface area (Å²) in [5, 5.41) is 3.36. The van der Waals surface area contributed by atoms with E-state index in [1.807, 2.05) is 0 Å². The standard InChI is InChI=1S/C26H36N2O3/c1-6-22(27-25(29)14-18(2)3)26-21-16-24(31-5)23(30-4)15-20(21)12-13-28(26)17-19-10-8-7-9-11-19/h7-11,15-16,18,22,26H,6,12-14,17H2,1-5H3,(H,27,29)/p+1/t22-,26+/m1/s1. The largest absolute Gasteiger partial charge is 0.493 e. The Labute approximate surface area is 186 Å². The quantitative estimate of drug-likeness (QED) is 0.648. The number of nitrogens with one attached hydrogen (secondary N) is 2. The van der Waals surface area contributed by atoms with Crippen molar-refractivity contribution in [3.63, 3.8) is 0 Å². The Bertz CT molecular complexity index is 866. The lowest BCUT2D eigenvalue weighted by Gasteiger charge is -2.39. The molecule has 1 heterocycles. The van der Waals surface area contributed by atoms with Crippen molar-refractivity contribution < 1.29 is 19.2 Å². The number of quaternary nitrogens is 1. The Morgan fingerprint density at radius 3 is 2.42 bits per heavy atom. The van der Waals surface area contributed by atoms with Crippen molar-refractivity contribution in [2.24, 2.45) is 5.92 Å². The average Bonchev–Trinajstić information content (AvgIpc) is 2.76. The molecule has 1 amide bonds. The van der Waals surface area contributed by atoms with Gasteiger partial charge >= 0.3 is 0 Å². The van der Waals surface area contributed by atoms with Crippen molar-refractivity contribution in [1.29, 1.82) is 0 Å². The highest BCUT2D eigenvalue weighted by atomic mass is 16.5. The maximum absolute atomic E-state index is 12.7. The maximum atomic E-state index is 12.7. The smallest absolute Gasteiger partial charge is 0.220 e. The van der Waals surface area contributed by atoms with E-state index in [-0.39, 0.29) is 18.0 Å². The summed E-state index contributed by atoms with van der Waals surface area (Å²) in [6.45, 7) is 8.27. The fourth-order valence-corrected chi connectivity index (χ4v) is 4.73. The van der Waals surface area contributed by atoms with E-state index in [9.17, 15) is 4.79 Å². The van der Waals surface area contributed by atoms with Crippen LogP contribution >= 0.6 is 0 Å². The number of carbonyl (C=O) groups is 1. The molecule has 5 heteroatoms. The summed E-state index contributed by atoms with van der Waals surface area (Å²) in [6.07, 6.45) is 2.40. The van der Waals surface area contributed by atoms with E-state index in [2.05, 4.69) is 68.6 Å². The molecule has 0 spiro atoms. The van der Waals surface area contributed by atoms with Crippen LogP contribution in [0.5, 0.6) is 11.5 Å². The minimum absolute atomic E-state index is 0.0575. The molecule has 0 aromatic heterocycles. The van der Waals surface area contributed by atoms with Crippen LogP contribution in [0.25, 0.3) is 0 Å². The zero-order valence-corrected chi connectivity index (χ0v) is 19.5. The third-order valence-electron chi connectivity index (χ3n) is 6.19. The lowest BCUT2D eigenvalue weighted by Crippen LogP contribution is -3.13. The SMILES string of the molecule is CC[C@@H](NC(=O)CC(C)C)[C@@H]1c2cc(OC)c(OC)cc2CC[NH+]1Cc1ccccc1. The summed E-state index contributed by atoms with van der Waals surface area (Å²) in [5.41, 5.74) is 3.86. The summed E-state index contributed by atoms with van der Waals surface area (Å²) >= 11 is 0. The van der Waals surface area contributed by atoms with Gasteiger partial charge in [0.15, 0.2) is 11.5 Å². The first kappa shape index (κ1) is 23.1. The van der Waals surface area contributed by atoms with E-state index >= 15 is 0 Å². The van der Waals surface area contributed by atoms with Crippen LogP contribution in [0, 0.1) is 5.92 Å². The van der Waals surface area contributed by atoms with Crippen LogP contribution in [0.1, 0.15) is 56.3 Å². The van der Waals surface area contributed by atoms with Gasteiger partial charge in [-0.05, 0) is 30.0 Å². The number of amides is 1. The molecule has 3 atom stereocenters. The van der Waals surface area contributed by atoms with Crippen LogP contribution < -0.4 is 19.7 Å². The van der Waals surface area contributed by atoms with Gasteiger partial charge in [0.2, 0.25) is 5.91 Å². The van der Waals surface area contributed by atoms with Gasteiger partial charge in [0.25, 0.3) is 0 Å². The Morgan fingerprint density at radius 1 is 1.13 bits per heavy atom. The number of carbonyl (C=O) groups excluding carboxylic acids is 1. The molecule has 2 aromatic carbocycles. The van der Waals surface area contributed by atoms with Crippen molar-refractivity contribution in [2.75, 3.05) is 20.8 Å². The van der Waals surface area contributed by atoms with Gasteiger partial charge in [-0.3, -0.25) is 4.79 Å². The molecule has 0 fully saturated rings. The summed E-state index contributed by atoms with van der Waals surface area (Å²) in [7, 11) is 3.36. The molecule has 3 rings (SSSR count).